The van der Waals surface area contributed by atoms with Crippen molar-refractivity contribution in [2.45, 2.75) is 46.5 Å². The summed E-state index contributed by atoms with van der Waals surface area (Å²) in [5, 5.41) is 2.91. The number of ether oxygens (including phenoxy) is 1. The van der Waals surface area contributed by atoms with E-state index in [0.717, 1.165) is 18.5 Å². The molecule has 126 valence electrons. The molecular weight excluding hydrogens is 292 g/mol. The van der Waals surface area contributed by atoms with E-state index in [1.165, 1.54) is 0 Å². The standard InChI is InChI=1S/C18H26N2O3/c1-18(2,3)12-16(21)19-13-8-9-15(23-4)14(11-13)20-10-6-5-7-17(20)22/h8-9,11H,5-7,10,12H2,1-4H3,(H,19,21). The Bertz CT molecular complexity index is 590. The van der Waals surface area contributed by atoms with E-state index >= 15 is 0 Å². The molecule has 1 heterocycles. The number of hydrogen-bond donors (Lipinski definition) is 1. The summed E-state index contributed by atoms with van der Waals surface area (Å²) in [7, 11) is 1.59. The zero-order chi connectivity index (χ0) is 17.0. The van der Waals surface area contributed by atoms with Gasteiger partial charge in [0.05, 0.1) is 12.8 Å². The van der Waals surface area contributed by atoms with Crippen molar-refractivity contribution in [2.75, 3.05) is 23.9 Å². The van der Waals surface area contributed by atoms with Gasteiger partial charge in [0.1, 0.15) is 5.75 Å². The molecule has 0 aliphatic carbocycles. The van der Waals surface area contributed by atoms with Gasteiger partial charge in [0.25, 0.3) is 0 Å². The van der Waals surface area contributed by atoms with Crippen LogP contribution in [0.25, 0.3) is 0 Å². The van der Waals surface area contributed by atoms with Crippen molar-refractivity contribution in [1.29, 1.82) is 0 Å². The highest BCUT2D eigenvalue weighted by Gasteiger charge is 2.23. The lowest BCUT2D eigenvalue weighted by molar-refractivity contribution is -0.119. The molecule has 2 amide bonds. The fourth-order valence-electron chi connectivity index (χ4n) is 2.73. The normalized spacial score (nSPS) is 15.5. The average Bonchev–Trinajstić information content (AvgIpc) is 2.45. The zero-order valence-electron chi connectivity index (χ0n) is 14.4. The number of nitrogens with one attached hydrogen (secondary N) is 1. The molecule has 1 aliphatic heterocycles. The molecule has 0 spiro atoms. The van der Waals surface area contributed by atoms with Crippen molar-refractivity contribution < 1.29 is 14.3 Å². The third kappa shape index (κ3) is 4.71. The first-order valence-electron chi connectivity index (χ1n) is 8.08. The molecule has 0 saturated carbocycles. The smallest absolute Gasteiger partial charge is 0.227 e. The Hall–Kier alpha value is -2.04. The third-order valence-corrected chi connectivity index (χ3v) is 3.77. The lowest BCUT2D eigenvalue weighted by Gasteiger charge is -2.28. The highest BCUT2D eigenvalue weighted by Crippen LogP contribution is 2.33. The second-order valence-electron chi connectivity index (χ2n) is 7.17. The fraction of sp³-hybridized carbons (Fsp3) is 0.556. The van der Waals surface area contributed by atoms with Gasteiger partial charge in [-0.3, -0.25) is 9.59 Å². The van der Waals surface area contributed by atoms with E-state index in [-0.39, 0.29) is 17.2 Å². The number of carbonyl (C=O) groups excluding carboxylic acids is 2. The summed E-state index contributed by atoms with van der Waals surface area (Å²) >= 11 is 0. The Morgan fingerprint density at radius 2 is 2.04 bits per heavy atom. The van der Waals surface area contributed by atoms with Crippen LogP contribution in [-0.4, -0.2) is 25.5 Å². The zero-order valence-corrected chi connectivity index (χ0v) is 14.4. The van der Waals surface area contributed by atoms with Gasteiger partial charge in [-0.1, -0.05) is 20.8 Å². The molecular formula is C18H26N2O3. The van der Waals surface area contributed by atoms with E-state index < -0.39 is 0 Å². The SMILES string of the molecule is COc1ccc(NC(=O)CC(C)(C)C)cc1N1CCCCC1=O. The van der Waals surface area contributed by atoms with Crippen molar-refractivity contribution in [2.24, 2.45) is 5.41 Å². The molecule has 0 radical (unpaired) electrons. The van der Waals surface area contributed by atoms with Crippen LogP contribution in [0.15, 0.2) is 18.2 Å². The lowest BCUT2D eigenvalue weighted by Crippen LogP contribution is -2.35. The van der Waals surface area contributed by atoms with E-state index in [4.69, 9.17) is 4.74 Å². The molecule has 1 N–H and O–H groups in total. The van der Waals surface area contributed by atoms with Crippen LogP contribution in [-0.2, 0) is 9.59 Å². The van der Waals surface area contributed by atoms with Gasteiger partial charge >= 0.3 is 0 Å². The van der Waals surface area contributed by atoms with Crippen molar-refractivity contribution in [3.8, 4) is 5.75 Å². The number of piperidine rings is 1. The molecule has 23 heavy (non-hydrogen) atoms. The van der Waals surface area contributed by atoms with Gasteiger partial charge in [-0.15, -0.1) is 0 Å². The third-order valence-electron chi connectivity index (χ3n) is 3.77. The number of carbonyl (C=O) groups is 2. The quantitative estimate of drug-likeness (QED) is 0.923. The van der Waals surface area contributed by atoms with Crippen LogP contribution < -0.4 is 15.0 Å². The van der Waals surface area contributed by atoms with Crippen LogP contribution in [0.5, 0.6) is 5.75 Å². The van der Waals surface area contributed by atoms with Gasteiger partial charge in [0, 0.05) is 25.1 Å². The number of amides is 2. The maximum atomic E-state index is 12.2. The summed E-state index contributed by atoms with van der Waals surface area (Å²) in [6.07, 6.45) is 2.91. The van der Waals surface area contributed by atoms with Crippen LogP contribution in [0, 0.1) is 5.41 Å². The van der Waals surface area contributed by atoms with E-state index in [2.05, 4.69) is 5.32 Å². The summed E-state index contributed by atoms with van der Waals surface area (Å²) in [6.45, 7) is 6.77. The summed E-state index contributed by atoms with van der Waals surface area (Å²) in [6, 6.07) is 5.42. The Labute approximate surface area is 138 Å². The molecule has 1 aromatic carbocycles. The second-order valence-corrected chi connectivity index (χ2v) is 7.17. The highest BCUT2D eigenvalue weighted by atomic mass is 16.5. The molecule has 5 heteroatoms. The minimum absolute atomic E-state index is 0.0291. The maximum absolute atomic E-state index is 12.2. The second kappa shape index (κ2) is 7.02. The average molecular weight is 318 g/mol. The summed E-state index contributed by atoms with van der Waals surface area (Å²) in [4.78, 5) is 26.0. The van der Waals surface area contributed by atoms with Crippen molar-refractivity contribution in [3.63, 3.8) is 0 Å². The van der Waals surface area contributed by atoms with Gasteiger partial charge in [0.2, 0.25) is 11.8 Å². The predicted molar refractivity (Wildman–Crippen MR) is 91.9 cm³/mol. The summed E-state index contributed by atoms with van der Waals surface area (Å²) < 4.78 is 5.38. The number of nitrogens with zero attached hydrogens (tertiary/aromatic N) is 1. The van der Waals surface area contributed by atoms with Gasteiger partial charge in [-0.25, -0.2) is 0 Å². The van der Waals surface area contributed by atoms with Gasteiger partial charge in [0.15, 0.2) is 0 Å². The maximum Gasteiger partial charge on any atom is 0.227 e. The Morgan fingerprint density at radius 1 is 1.30 bits per heavy atom. The van der Waals surface area contributed by atoms with Gasteiger partial charge in [-0.2, -0.15) is 0 Å². The number of anilines is 2. The molecule has 5 nitrogen and oxygen atoms in total. The molecule has 1 fully saturated rings. The Balaban J connectivity index is 2.21. The number of rotatable bonds is 4. The molecule has 1 aromatic rings. The number of hydrogen-bond acceptors (Lipinski definition) is 3. The topological polar surface area (TPSA) is 58.6 Å². The van der Waals surface area contributed by atoms with E-state index in [9.17, 15) is 9.59 Å². The Kier molecular flexibility index (Phi) is 5.29. The van der Waals surface area contributed by atoms with Crippen molar-refractivity contribution >= 4 is 23.2 Å². The van der Waals surface area contributed by atoms with Crippen molar-refractivity contribution in [3.05, 3.63) is 18.2 Å². The molecule has 0 atom stereocenters. The molecule has 0 aromatic heterocycles. The van der Waals surface area contributed by atoms with Crippen molar-refractivity contribution in [1.82, 2.24) is 0 Å². The van der Waals surface area contributed by atoms with Crippen LogP contribution >= 0.6 is 0 Å². The molecule has 1 aliphatic rings. The highest BCUT2D eigenvalue weighted by molar-refractivity contribution is 5.97. The van der Waals surface area contributed by atoms with Crippen LogP contribution in [0.3, 0.4) is 0 Å². The predicted octanol–water partition coefficient (Wildman–Crippen LogP) is 3.59. The molecule has 1 saturated heterocycles. The van der Waals surface area contributed by atoms with E-state index in [1.807, 2.05) is 26.8 Å². The van der Waals surface area contributed by atoms with Crippen LogP contribution in [0.2, 0.25) is 0 Å². The number of benzene rings is 1. The van der Waals surface area contributed by atoms with Crippen LogP contribution in [0.4, 0.5) is 11.4 Å². The summed E-state index contributed by atoms with van der Waals surface area (Å²) in [5.41, 5.74) is 1.35. The molecule has 0 unspecified atom stereocenters. The minimum Gasteiger partial charge on any atom is -0.495 e. The van der Waals surface area contributed by atoms with Crippen LogP contribution in [0.1, 0.15) is 46.5 Å². The van der Waals surface area contributed by atoms with E-state index in [1.54, 1.807) is 24.1 Å². The largest absolute Gasteiger partial charge is 0.495 e. The monoisotopic (exact) mass is 318 g/mol. The first-order valence-corrected chi connectivity index (χ1v) is 8.08. The fourth-order valence-corrected chi connectivity index (χ4v) is 2.73. The minimum atomic E-state index is -0.0672. The number of methoxy groups -OCH3 is 1. The van der Waals surface area contributed by atoms with Gasteiger partial charge < -0.3 is 15.0 Å². The molecule has 2 rings (SSSR count). The Morgan fingerprint density at radius 3 is 2.65 bits per heavy atom. The van der Waals surface area contributed by atoms with E-state index in [0.29, 0.717) is 30.8 Å². The first-order chi connectivity index (χ1) is 10.8. The first kappa shape index (κ1) is 17.3. The summed E-state index contributed by atoms with van der Waals surface area (Å²) in [5.74, 6) is 0.723. The van der Waals surface area contributed by atoms with Gasteiger partial charge in [-0.05, 0) is 36.5 Å². The molecule has 0 bridgehead atoms. The lowest BCUT2D eigenvalue weighted by atomic mass is 9.92.